The van der Waals surface area contributed by atoms with E-state index in [0.717, 1.165) is 5.92 Å². The van der Waals surface area contributed by atoms with Gasteiger partial charge in [0, 0.05) is 19.6 Å². The highest BCUT2D eigenvalue weighted by Gasteiger charge is 2.34. The van der Waals surface area contributed by atoms with Crippen LogP contribution in [0.3, 0.4) is 0 Å². The molecule has 1 saturated heterocycles. The molecule has 0 aromatic rings. The van der Waals surface area contributed by atoms with Gasteiger partial charge in [0.2, 0.25) is 0 Å². The zero-order valence-corrected chi connectivity index (χ0v) is 12.4. The van der Waals surface area contributed by atoms with Gasteiger partial charge in [0.05, 0.1) is 0 Å². The van der Waals surface area contributed by atoms with E-state index in [9.17, 15) is 0 Å². The van der Waals surface area contributed by atoms with Crippen molar-refractivity contribution in [3.63, 3.8) is 0 Å². The van der Waals surface area contributed by atoms with Gasteiger partial charge in [-0.25, -0.2) is 0 Å². The molecule has 0 spiro atoms. The summed E-state index contributed by atoms with van der Waals surface area (Å²) >= 11 is 0. The third-order valence-corrected chi connectivity index (χ3v) is 4.39. The molecule has 0 saturated carbocycles. The Bertz CT molecular complexity index is 197. The average Bonchev–Trinajstić information content (AvgIpc) is 2.77. The maximum atomic E-state index is 3.57. The molecule has 0 bridgehead atoms. The van der Waals surface area contributed by atoms with Crippen LogP contribution in [0, 0.1) is 11.3 Å². The summed E-state index contributed by atoms with van der Waals surface area (Å²) in [6.45, 7) is 15.6. The zero-order valence-electron chi connectivity index (χ0n) is 12.4. The fourth-order valence-corrected chi connectivity index (χ4v) is 3.10. The summed E-state index contributed by atoms with van der Waals surface area (Å²) in [4.78, 5) is 2.68. The van der Waals surface area contributed by atoms with Gasteiger partial charge < -0.3 is 10.2 Å². The maximum absolute atomic E-state index is 3.57. The summed E-state index contributed by atoms with van der Waals surface area (Å²) < 4.78 is 0. The Kier molecular flexibility index (Phi) is 6.50. The zero-order chi connectivity index (χ0) is 12.7. The van der Waals surface area contributed by atoms with E-state index >= 15 is 0 Å². The number of nitrogens with zero attached hydrogens (tertiary/aromatic N) is 1. The SMILES string of the molecule is CCCC1(CN(CC)CC(C)CC)CCNC1. The molecule has 0 aromatic carbocycles. The number of hydrogen-bond acceptors (Lipinski definition) is 2. The van der Waals surface area contributed by atoms with Crippen molar-refractivity contribution in [2.24, 2.45) is 11.3 Å². The van der Waals surface area contributed by atoms with Crippen molar-refractivity contribution in [2.75, 3.05) is 32.7 Å². The fraction of sp³-hybridized carbons (Fsp3) is 1.00. The highest BCUT2D eigenvalue weighted by Crippen LogP contribution is 2.32. The van der Waals surface area contributed by atoms with E-state index in [1.807, 2.05) is 0 Å². The van der Waals surface area contributed by atoms with Gasteiger partial charge in [-0.15, -0.1) is 0 Å². The topological polar surface area (TPSA) is 15.3 Å². The standard InChI is InChI=1S/C15H32N2/c1-5-8-15(9-10-16-12-15)13-17(7-3)11-14(4)6-2/h14,16H,5-13H2,1-4H3. The first kappa shape index (κ1) is 15.0. The Morgan fingerprint density at radius 2 is 2.06 bits per heavy atom. The van der Waals surface area contributed by atoms with Crippen LogP contribution in [-0.4, -0.2) is 37.6 Å². The molecule has 1 rings (SSSR count). The fourth-order valence-electron chi connectivity index (χ4n) is 3.10. The molecule has 2 heteroatoms. The lowest BCUT2D eigenvalue weighted by Gasteiger charge is -2.35. The lowest BCUT2D eigenvalue weighted by Crippen LogP contribution is -2.41. The molecular formula is C15H32N2. The van der Waals surface area contributed by atoms with E-state index < -0.39 is 0 Å². The van der Waals surface area contributed by atoms with E-state index in [-0.39, 0.29) is 0 Å². The number of hydrogen-bond donors (Lipinski definition) is 1. The minimum Gasteiger partial charge on any atom is -0.316 e. The Morgan fingerprint density at radius 3 is 2.53 bits per heavy atom. The molecule has 1 fully saturated rings. The van der Waals surface area contributed by atoms with Crippen LogP contribution in [0.5, 0.6) is 0 Å². The lowest BCUT2D eigenvalue weighted by atomic mass is 9.81. The molecule has 1 N–H and O–H groups in total. The Balaban J connectivity index is 2.51. The van der Waals surface area contributed by atoms with Gasteiger partial charge in [-0.3, -0.25) is 0 Å². The molecule has 17 heavy (non-hydrogen) atoms. The summed E-state index contributed by atoms with van der Waals surface area (Å²) in [7, 11) is 0. The molecule has 2 unspecified atom stereocenters. The summed E-state index contributed by atoms with van der Waals surface area (Å²) in [5.41, 5.74) is 0.568. The molecule has 0 radical (unpaired) electrons. The van der Waals surface area contributed by atoms with Gasteiger partial charge >= 0.3 is 0 Å². The third kappa shape index (κ3) is 4.59. The van der Waals surface area contributed by atoms with E-state index in [4.69, 9.17) is 0 Å². The van der Waals surface area contributed by atoms with Crippen molar-refractivity contribution in [1.82, 2.24) is 10.2 Å². The summed E-state index contributed by atoms with van der Waals surface area (Å²) in [5, 5.41) is 3.57. The minimum absolute atomic E-state index is 0.568. The summed E-state index contributed by atoms with van der Waals surface area (Å²) in [5.74, 6) is 0.836. The van der Waals surface area contributed by atoms with Crippen molar-refractivity contribution in [3.8, 4) is 0 Å². The van der Waals surface area contributed by atoms with Crippen molar-refractivity contribution in [3.05, 3.63) is 0 Å². The molecule has 0 amide bonds. The van der Waals surface area contributed by atoms with E-state index in [0.29, 0.717) is 5.41 Å². The number of rotatable bonds is 8. The summed E-state index contributed by atoms with van der Waals surface area (Å²) in [6, 6.07) is 0. The molecule has 2 atom stereocenters. The number of nitrogens with one attached hydrogen (secondary N) is 1. The monoisotopic (exact) mass is 240 g/mol. The molecular weight excluding hydrogens is 208 g/mol. The minimum atomic E-state index is 0.568. The molecule has 0 aliphatic carbocycles. The van der Waals surface area contributed by atoms with Gasteiger partial charge in [0.15, 0.2) is 0 Å². The van der Waals surface area contributed by atoms with E-state index in [1.165, 1.54) is 58.4 Å². The molecule has 102 valence electrons. The molecule has 0 aromatic heterocycles. The van der Waals surface area contributed by atoms with Crippen molar-refractivity contribution in [1.29, 1.82) is 0 Å². The van der Waals surface area contributed by atoms with Crippen LogP contribution in [0.15, 0.2) is 0 Å². The maximum Gasteiger partial charge on any atom is 0.00506 e. The molecule has 2 nitrogen and oxygen atoms in total. The first-order valence-corrected chi connectivity index (χ1v) is 7.59. The van der Waals surface area contributed by atoms with Crippen LogP contribution < -0.4 is 5.32 Å². The molecule has 1 aliphatic heterocycles. The van der Waals surface area contributed by atoms with Crippen molar-refractivity contribution < 1.29 is 0 Å². The smallest absolute Gasteiger partial charge is 0.00506 e. The Labute approximate surface area is 108 Å². The highest BCUT2D eigenvalue weighted by molar-refractivity contribution is 4.90. The predicted octanol–water partition coefficient (Wildman–Crippen LogP) is 3.13. The lowest BCUT2D eigenvalue weighted by molar-refractivity contribution is 0.142. The van der Waals surface area contributed by atoms with Crippen LogP contribution in [0.4, 0.5) is 0 Å². The second-order valence-corrected chi connectivity index (χ2v) is 6.02. The van der Waals surface area contributed by atoms with Crippen LogP contribution >= 0.6 is 0 Å². The second-order valence-electron chi connectivity index (χ2n) is 6.02. The third-order valence-electron chi connectivity index (χ3n) is 4.39. The van der Waals surface area contributed by atoms with Gasteiger partial charge in [-0.1, -0.05) is 40.5 Å². The largest absolute Gasteiger partial charge is 0.316 e. The van der Waals surface area contributed by atoms with Gasteiger partial charge in [-0.05, 0) is 37.3 Å². The second kappa shape index (κ2) is 7.38. The first-order valence-electron chi connectivity index (χ1n) is 7.59. The Hall–Kier alpha value is -0.0800. The van der Waals surface area contributed by atoms with E-state index in [2.05, 4.69) is 37.9 Å². The average molecular weight is 240 g/mol. The van der Waals surface area contributed by atoms with Gasteiger partial charge in [0.1, 0.15) is 0 Å². The molecule has 1 heterocycles. The van der Waals surface area contributed by atoms with Crippen LogP contribution in [0.1, 0.15) is 53.4 Å². The summed E-state index contributed by atoms with van der Waals surface area (Å²) in [6.07, 6.45) is 5.38. The van der Waals surface area contributed by atoms with E-state index in [1.54, 1.807) is 0 Å². The molecule has 1 aliphatic rings. The predicted molar refractivity (Wildman–Crippen MR) is 76.4 cm³/mol. The van der Waals surface area contributed by atoms with Crippen LogP contribution in [-0.2, 0) is 0 Å². The normalized spacial score (nSPS) is 26.6. The first-order chi connectivity index (χ1) is 8.15. The quantitative estimate of drug-likeness (QED) is 0.701. The van der Waals surface area contributed by atoms with Crippen LogP contribution in [0.2, 0.25) is 0 Å². The Morgan fingerprint density at radius 1 is 1.29 bits per heavy atom. The van der Waals surface area contributed by atoms with Gasteiger partial charge in [0.25, 0.3) is 0 Å². The van der Waals surface area contributed by atoms with Crippen LogP contribution in [0.25, 0.3) is 0 Å². The van der Waals surface area contributed by atoms with Gasteiger partial charge in [-0.2, -0.15) is 0 Å². The highest BCUT2D eigenvalue weighted by atomic mass is 15.1. The van der Waals surface area contributed by atoms with Crippen molar-refractivity contribution >= 4 is 0 Å². The van der Waals surface area contributed by atoms with Crippen molar-refractivity contribution in [2.45, 2.75) is 53.4 Å².